The number of carbonyl (C=O) groups is 1. The van der Waals surface area contributed by atoms with Crippen molar-refractivity contribution in [1.82, 2.24) is 9.88 Å². The van der Waals surface area contributed by atoms with Crippen LogP contribution in [0.3, 0.4) is 0 Å². The zero-order chi connectivity index (χ0) is 14.6. The molecule has 0 unspecified atom stereocenters. The van der Waals surface area contributed by atoms with Crippen LogP contribution in [0.1, 0.15) is 30.4 Å². The van der Waals surface area contributed by atoms with Gasteiger partial charge in [0.1, 0.15) is 11.2 Å². The number of hydrogen-bond acceptors (Lipinski definition) is 4. The molecule has 0 aromatic carbocycles. The molecule has 0 aliphatic rings. The van der Waals surface area contributed by atoms with Crippen molar-refractivity contribution >= 4 is 21.8 Å². The Morgan fingerprint density at radius 3 is 2.32 bits per heavy atom. The van der Waals surface area contributed by atoms with Crippen LogP contribution in [0.4, 0.5) is 0 Å². The predicted molar refractivity (Wildman–Crippen MR) is 74.0 cm³/mol. The van der Waals surface area contributed by atoms with Gasteiger partial charge in [0.2, 0.25) is 0 Å². The van der Waals surface area contributed by atoms with Gasteiger partial charge < -0.3 is 25.2 Å². The molecule has 4 N–H and O–H groups in total. The van der Waals surface area contributed by atoms with E-state index in [1.165, 1.54) is 0 Å². The van der Waals surface area contributed by atoms with E-state index >= 15 is 0 Å². The van der Waals surface area contributed by atoms with Crippen LogP contribution in [0.5, 0.6) is 0 Å². The molecule has 6 nitrogen and oxygen atoms in total. The molecule has 0 radical (unpaired) electrons. The second-order valence-electron chi connectivity index (χ2n) is 4.75. The van der Waals surface area contributed by atoms with Crippen molar-refractivity contribution < 1.29 is 20.1 Å². The van der Waals surface area contributed by atoms with Crippen molar-refractivity contribution in [2.24, 2.45) is 0 Å². The molecule has 108 valence electrons. The predicted octanol–water partition coefficient (Wildman–Crippen LogP) is 0.277. The van der Waals surface area contributed by atoms with Crippen LogP contribution >= 0.6 is 15.9 Å². The smallest absolute Gasteiger partial charge is 0.268 e. The fourth-order valence-corrected chi connectivity index (χ4v) is 2.07. The number of nitrogens with zero attached hydrogens (tertiary/aromatic N) is 1. The Morgan fingerprint density at radius 2 is 1.89 bits per heavy atom. The van der Waals surface area contributed by atoms with E-state index in [9.17, 15) is 20.1 Å². The summed E-state index contributed by atoms with van der Waals surface area (Å²) in [5.41, 5.74) is -1.03. The number of aromatic nitrogens is 1. The number of rotatable bonds is 6. The largest absolute Gasteiger partial charge is 0.394 e. The highest BCUT2D eigenvalue weighted by atomic mass is 79.9. The van der Waals surface area contributed by atoms with Gasteiger partial charge in [0, 0.05) is 16.7 Å². The average Bonchev–Trinajstić information content (AvgIpc) is 2.78. The van der Waals surface area contributed by atoms with Crippen molar-refractivity contribution in [2.75, 3.05) is 19.8 Å². The Morgan fingerprint density at radius 1 is 1.37 bits per heavy atom. The fraction of sp³-hybridized carbons (Fsp3) is 0.583. The van der Waals surface area contributed by atoms with E-state index in [4.69, 9.17) is 0 Å². The first-order chi connectivity index (χ1) is 8.89. The second-order valence-corrected chi connectivity index (χ2v) is 5.67. The first kappa shape index (κ1) is 16.2. The van der Waals surface area contributed by atoms with E-state index in [0.717, 1.165) is 4.47 Å². The topological polar surface area (TPSA) is 94.7 Å². The number of aliphatic hydroxyl groups is 3. The highest BCUT2D eigenvalue weighted by Crippen LogP contribution is 2.20. The molecule has 0 bridgehead atoms. The van der Waals surface area contributed by atoms with Gasteiger partial charge in [0.05, 0.1) is 19.8 Å². The minimum Gasteiger partial charge on any atom is -0.394 e. The van der Waals surface area contributed by atoms with E-state index in [1.807, 2.05) is 13.8 Å². The Balaban J connectivity index is 3.01. The van der Waals surface area contributed by atoms with Crippen molar-refractivity contribution in [3.63, 3.8) is 0 Å². The lowest BCUT2D eigenvalue weighted by Crippen LogP contribution is -2.57. The lowest BCUT2D eigenvalue weighted by atomic mass is 10.0. The van der Waals surface area contributed by atoms with Crippen LogP contribution in [0, 0.1) is 0 Å². The standard InChI is InChI=1S/C12H19BrN2O4/c1-8(2)15-4-9(13)3-10(15)11(19)14-12(5-16,6-17)7-18/h3-4,8,16-18H,5-7H2,1-2H3,(H,14,19). The van der Waals surface area contributed by atoms with Crippen LogP contribution in [0.2, 0.25) is 0 Å². The maximum absolute atomic E-state index is 12.2. The van der Waals surface area contributed by atoms with Gasteiger partial charge in [0.25, 0.3) is 5.91 Å². The normalized spacial score (nSPS) is 11.9. The van der Waals surface area contributed by atoms with Gasteiger partial charge in [0.15, 0.2) is 0 Å². The molecule has 1 rings (SSSR count). The van der Waals surface area contributed by atoms with Gasteiger partial charge in [-0.3, -0.25) is 4.79 Å². The highest BCUT2D eigenvalue weighted by molar-refractivity contribution is 9.10. The third-order valence-electron chi connectivity index (χ3n) is 2.89. The lowest BCUT2D eigenvalue weighted by Gasteiger charge is -2.29. The van der Waals surface area contributed by atoms with Gasteiger partial charge in [-0.2, -0.15) is 0 Å². The summed E-state index contributed by atoms with van der Waals surface area (Å²) in [6, 6.07) is 1.73. The van der Waals surface area contributed by atoms with Crippen LogP contribution < -0.4 is 5.32 Å². The first-order valence-corrected chi connectivity index (χ1v) is 6.71. The molecule has 1 heterocycles. The number of aliphatic hydroxyl groups excluding tert-OH is 3. The second kappa shape index (κ2) is 6.51. The van der Waals surface area contributed by atoms with E-state index in [1.54, 1.807) is 16.8 Å². The molecule has 7 heteroatoms. The van der Waals surface area contributed by atoms with Crippen LogP contribution in [-0.2, 0) is 0 Å². The zero-order valence-electron chi connectivity index (χ0n) is 10.9. The summed E-state index contributed by atoms with van der Waals surface area (Å²) in [7, 11) is 0. The molecule has 0 aliphatic carbocycles. The number of carbonyl (C=O) groups excluding carboxylic acids is 1. The first-order valence-electron chi connectivity index (χ1n) is 5.91. The quantitative estimate of drug-likeness (QED) is 0.601. The molecular weight excluding hydrogens is 316 g/mol. The van der Waals surface area contributed by atoms with Gasteiger partial charge in [-0.15, -0.1) is 0 Å². The molecule has 1 amide bonds. The van der Waals surface area contributed by atoms with Crippen molar-refractivity contribution in [2.45, 2.75) is 25.4 Å². The van der Waals surface area contributed by atoms with Crippen molar-refractivity contribution in [3.05, 3.63) is 22.4 Å². The van der Waals surface area contributed by atoms with Gasteiger partial charge in [-0.1, -0.05) is 0 Å². The molecule has 0 fully saturated rings. The van der Waals surface area contributed by atoms with Gasteiger partial charge in [-0.25, -0.2) is 0 Å². The Bertz CT molecular complexity index is 433. The minimum absolute atomic E-state index is 0.0822. The van der Waals surface area contributed by atoms with E-state index < -0.39 is 31.3 Å². The molecule has 0 saturated heterocycles. The fourth-order valence-electron chi connectivity index (χ4n) is 1.63. The third kappa shape index (κ3) is 3.56. The van der Waals surface area contributed by atoms with Crippen molar-refractivity contribution in [1.29, 1.82) is 0 Å². The maximum atomic E-state index is 12.2. The average molecular weight is 335 g/mol. The van der Waals surface area contributed by atoms with E-state index in [2.05, 4.69) is 21.2 Å². The Kier molecular flexibility index (Phi) is 5.54. The molecule has 0 spiro atoms. The molecular formula is C12H19BrN2O4. The number of amides is 1. The summed E-state index contributed by atoms with van der Waals surface area (Å²) >= 11 is 3.30. The summed E-state index contributed by atoms with van der Waals surface area (Å²) < 4.78 is 2.52. The molecule has 19 heavy (non-hydrogen) atoms. The summed E-state index contributed by atoms with van der Waals surface area (Å²) in [5.74, 6) is -0.462. The number of nitrogens with one attached hydrogen (secondary N) is 1. The number of halogens is 1. The minimum atomic E-state index is -1.42. The summed E-state index contributed by atoms with van der Waals surface area (Å²) in [6.45, 7) is 2.22. The third-order valence-corrected chi connectivity index (χ3v) is 3.32. The summed E-state index contributed by atoms with van der Waals surface area (Å²) in [4.78, 5) is 12.2. The van der Waals surface area contributed by atoms with Crippen LogP contribution in [-0.4, -0.2) is 51.2 Å². The van der Waals surface area contributed by atoms with E-state index in [-0.39, 0.29) is 6.04 Å². The van der Waals surface area contributed by atoms with Crippen LogP contribution in [0.25, 0.3) is 0 Å². The Hall–Kier alpha value is -0.890. The lowest BCUT2D eigenvalue weighted by molar-refractivity contribution is 0.0370. The highest BCUT2D eigenvalue weighted by Gasteiger charge is 2.31. The Labute approximate surface area is 120 Å². The molecule has 0 atom stereocenters. The maximum Gasteiger partial charge on any atom is 0.268 e. The van der Waals surface area contributed by atoms with Crippen LogP contribution in [0.15, 0.2) is 16.7 Å². The van der Waals surface area contributed by atoms with E-state index in [0.29, 0.717) is 5.69 Å². The molecule has 1 aromatic heterocycles. The summed E-state index contributed by atoms with van der Waals surface area (Å²) in [6.07, 6.45) is 1.78. The SMILES string of the molecule is CC(C)n1cc(Br)cc1C(=O)NC(CO)(CO)CO. The van der Waals surface area contributed by atoms with Crippen molar-refractivity contribution in [3.8, 4) is 0 Å². The molecule has 1 aromatic rings. The number of hydrogen-bond donors (Lipinski definition) is 4. The molecule has 0 saturated carbocycles. The molecule has 0 aliphatic heterocycles. The van der Waals surface area contributed by atoms with Gasteiger partial charge in [-0.05, 0) is 35.8 Å². The van der Waals surface area contributed by atoms with Gasteiger partial charge >= 0.3 is 0 Å². The summed E-state index contributed by atoms with van der Waals surface area (Å²) in [5, 5.41) is 30.1. The monoisotopic (exact) mass is 334 g/mol. The zero-order valence-corrected chi connectivity index (χ0v) is 12.5.